The fourth-order valence-corrected chi connectivity index (χ4v) is 4.62. The molecule has 0 bridgehead atoms. The molecule has 0 spiro atoms. The molecule has 2 atom stereocenters. The van der Waals surface area contributed by atoms with Gasteiger partial charge in [0.05, 0.1) is 7.11 Å². The van der Waals surface area contributed by atoms with Crippen LogP contribution in [0.4, 0.5) is 5.69 Å². The van der Waals surface area contributed by atoms with Gasteiger partial charge in [-0.15, -0.1) is 0 Å². The number of anilines is 1. The van der Waals surface area contributed by atoms with Crippen LogP contribution in [0.25, 0.3) is 17.2 Å². The van der Waals surface area contributed by atoms with E-state index in [0.717, 1.165) is 24.1 Å². The lowest BCUT2D eigenvalue weighted by atomic mass is 9.95. The van der Waals surface area contributed by atoms with Crippen molar-refractivity contribution in [2.75, 3.05) is 26.0 Å². The molecule has 1 aliphatic carbocycles. The van der Waals surface area contributed by atoms with Gasteiger partial charge in [0.25, 0.3) is 5.91 Å². The summed E-state index contributed by atoms with van der Waals surface area (Å²) in [5.41, 5.74) is 14.0. The average Bonchev–Trinajstić information content (AvgIpc) is 3.94. The van der Waals surface area contributed by atoms with Gasteiger partial charge in [0.1, 0.15) is 23.3 Å². The van der Waals surface area contributed by atoms with Crippen molar-refractivity contribution in [3.63, 3.8) is 0 Å². The Bertz CT molecular complexity index is 1670. The van der Waals surface area contributed by atoms with Crippen LogP contribution in [0.5, 0.6) is 5.75 Å². The minimum absolute atomic E-state index is 0.00158. The number of aldehydes is 1. The summed E-state index contributed by atoms with van der Waals surface area (Å²) < 4.78 is 15.9. The van der Waals surface area contributed by atoms with Crippen LogP contribution in [0.2, 0.25) is 0 Å². The SMILES string of the molecule is C=Cc1cc(C=O)c(-c2ccc(C(=O)NCC3CC3)nc2C(=O)OC(C)OC(=O)C(N)CCC)cc1OC.CNc1ccc(C(=N)N)cc1. The molecule has 2 unspecified atom stereocenters. The number of carbonyl (C=O) groups excluding carboxylic acids is 4. The zero-order chi connectivity index (χ0) is 36.1. The van der Waals surface area contributed by atoms with Gasteiger partial charge in [0, 0.05) is 48.5 Å². The fourth-order valence-electron chi connectivity index (χ4n) is 4.62. The van der Waals surface area contributed by atoms with Gasteiger partial charge in [0.2, 0.25) is 6.29 Å². The van der Waals surface area contributed by atoms with E-state index in [1.807, 2.05) is 38.2 Å². The topological polar surface area (TPSA) is 209 Å². The number of pyridine rings is 1. The molecule has 0 aliphatic heterocycles. The Morgan fingerprint density at radius 1 is 1.08 bits per heavy atom. The maximum absolute atomic E-state index is 13.3. The van der Waals surface area contributed by atoms with Crippen LogP contribution < -0.4 is 26.8 Å². The predicted octanol–water partition coefficient (Wildman–Crippen LogP) is 4.54. The highest BCUT2D eigenvalue weighted by molar-refractivity contribution is 6.01. The van der Waals surface area contributed by atoms with Gasteiger partial charge < -0.3 is 36.3 Å². The van der Waals surface area contributed by atoms with Gasteiger partial charge in [-0.25, -0.2) is 9.78 Å². The molecule has 0 radical (unpaired) electrons. The van der Waals surface area contributed by atoms with E-state index >= 15 is 0 Å². The molecule has 1 fully saturated rings. The molecule has 13 nitrogen and oxygen atoms in total. The number of rotatable bonds is 15. The van der Waals surface area contributed by atoms with E-state index in [1.165, 1.54) is 32.2 Å². The highest BCUT2D eigenvalue weighted by Crippen LogP contribution is 2.33. The number of amidine groups is 1. The molecule has 0 saturated heterocycles. The second-order valence-corrected chi connectivity index (χ2v) is 11.3. The number of methoxy groups -OCH3 is 1. The molecule has 1 heterocycles. The molecular weight excluding hydrogens is 628 g/mol. The van der Waals surface area contributed by atoms with E-state index in [9.17, 15) is 19.2 Å². The van der Waals surface area contributed by atoms with Crippen LogP contribution in [-0.4, -0.2) is 68.0 Å². The van der Waals surface area contributed by atoms with E-state index in [4.69, 9.17) is 31.1 Å². The summed E-state index contributed by atoms with van der Waals surface area (Å²) in [6.07, 6.45) is 4.10. The maximum atomic E-state index is 13.3. The third-order valence-electron chi connectivity index (χ3n) is 7.55. The van der Waals surface area contributed by atoms with Gasteiger partial charge >= 0.3 is 11.9 Å². The van der Waals surface area contributed by atoms with Crippen molar-refractivity contribution in [2.24, 2.45) is 17.4 Å². The van der Waals surface area contributed by atoms with Crippen LogP contribution in [-0.2, 0) is 14.3 Å². The molecule has 260 valence electrons. The molecule has 1 amide bonds. The number of carbonyl (C=O) groups is 4. The number of nitrogens with zero attached hydrogens (tertiary/aromatic N) is 1. The Kier molecular flexibility index (Phi) is 14.0. The molecule has 1 aliphatic rings. The Balaban J connectivity index is 0.000000501. The van der Waals surface area contributed by atoms with E-state index < -0.39 is 30.2 Å². The average molecular weight is 673 g/mol. The lowest BCUT2D eigenvalue weighted by molar-refractivity contribution is -0.167. The predicted molar refractivity (Wildman–Crippen MR) is 188 cm³/mol. The van der Waals surface area contributed by atoms with Crippen LogP contribution >= 0.6 is 0 Å². The summed E-state index contributed by atoms with van der Waals surface area (Å²) >= 11 is 0. The smallest absolute Gasteiger partial charge is 0.360 e. The van der Waals surface area contributed by atoms with Crippen LogP contribution in [0.15, 0.2) is 55.1 Å². The first kappa shape index (κ1) is 37.9. The molecule has 7 N–H and O–H groups in total. The van der Waals surface area contributed by atoms with Crippen LogP contribution in [0, 0.1) is 11.3 Å². The summed E-state index contributed by atoms with van der Waals surface area (Å²) in [6.45, 7) is 7.50. The number of amides is 1. The van der Waals surface area contributed by atoms with Gasteiger partial charge in [-0.3, -0.25) is 19.8 Å². The minimum Gasteiger partial charge on any atom is -0.496 e. The number of esters is 2. The minimum atomic E-state index is -1.27. The van der Waals surface area contributed by atoms with Crippen molar-refractivity contribution in [3.8, 4) is 16.9 Å². The Morgan fingerprint density at radius 2 is 1.78 bits per heavy atom. The number of benzene rings is 2. The number of nitrogen functional groups attached to an aromatic ring is 1. The maximum Gasteiger partial charge on any atom is 0.360 e. The lowest BCUT2D eigenvalue weighted by Crippen LogP contribution is -2.35. The molecule has 13 heteroatoms. The summed E-state index contributed by atoms with van der Waals surface area (Å²) in [7, 11) is 3.31. The summed E-state index contributed by atoms with van der Waals surface area (Å²) in [5, 5.41) is 12.9. The summed E-state index contributed by atoms with van der Waals surface area (Å²) in [4.78, 5) is 54.4. The first-order valence-corrected chi connectivity index (χ1v) is 15.8. The molecule has 4 rings (SSSR count). The van der Waals surface area contributed by atoms with Gasteiger partial charge in [-0.1, -0.05) is 26.0 Å². The Hall–Kier alpha value is -5.56. The highest BCUT2D eigenvalue weighted by atomic mass is 16.7. The molecular formula is C36H44N6O7. The van der Waals surface area contributed by atoms with E-state index in [-0.39, 0.29) is 28.4 Å². The molecule has 49 heavy (non-hydrogen) atoms. The monoisotopic (exact) mass is 672 g/mol. The number of nitrogens with one attached hydrogen (secondary N) is 3. The third-order valence-corrected chi connectivity index (χ3v) is 7.55. The number of aromatic nitrogens is 1. The van der Waals surface area contributed by atoms with Crippen molar-refractivity contribution in [1.82, 2.24) is 10.3 Å². The second kappa shape index (κ2) is 18.1. The molecule has 1 aromatic heterocycles. The first-order chi connectivity index (χ1) is 23.4. The highest BCUT2D eigenvalue weighted by Gasteiger charge is 2.27. The summed E-state index contributed by atoms with van der Waals surface area (Å²) in [5.74, 6) is -1.14. The largest absolute Gasteiger partial charge is 0.496 e. The standard InChI is InChI=1S/C28H33N3O7.C8H11N3/c1-5-7-22(29)27(34)37-16(3)38-28(35)25-20(10-11-23(31-25)26(33)30-14-17-8-9-17)21-13-24(36-4)18(6-2)12-19(21)15-32;1-11-7-4-2-6(3-5-7)8(9)10/h6,10-13,15-17,22H,2,5,7-9,14,29H2,1,3-4H3,(H,30,33);2-5,11H,1H3,(H3,9,10). The van der Waals surface area contributed by atoms with Gasteiger partial charge in [-0.05, 0) is 79.3 Å². The lowest BCUT2D eigenvalue weighted by Gasteiger charge is -2.18. The zero-order valence-electron chi connectivity index (χ0n) is 28.2. The zero-order valence-corrected chi connectivity index (χ0v) is 28.2. The van der Waals surface area contributed by atoms with Crippen molar-refractivity contribution < 1.29 is 33.4 Å². The molecule has 1 saturated carbocycles. The molecule has 3 aromatic rings. The van der Waals surface area contributed by atoms with E-state index in [2.05, 4.69) is 22.2 Å². The van der Waals surface area contributed by atoms with Crippen molar-refractivity contribution in [2.45, 2.75) is 51.9 Å². The van der Waals surface area contributed by atoms with Crippen molar-refractivity contribution in [3.05, 3.63) is 83.2 Å². The van der Waals surface area contributed by atoms with Crippen LogP contribution in [0.3, 0.4) is 0 Å². The van der Waals surface area contributed by atoms with E-state index in [1.54, 1.807) is 12.1 Å². The Morgan fingerprint density at radius 3 is 2.33 bits per heavy atom. The van der Waals surface area contributed by atoms with Gasteiger partial charge in [0.15, 0.2) is 12.0 Å². The third kappa shape index (κ3) is 10.7. The Labute approximate surface area is 285 Å². The normalized spacial score (nSPS) is 13.0. The fraction of sp³-hybridized carbons (Fsp3) is 0.333. The quantitative estimate of drug-likeness (QED) is 0.0498. The number of hydrogen-bond donors (Lipinski definition) is 5. The van der Waals surface area contributed by atoms with Crippen molar-refractivity contribution >= 4 is 41.7 Å². The van der Waals surface area contributed by atoms with Crippen LogP contribution in [0.1, 0.15) is 82.0 Å². The first-order valence-electron chi connectivity index (χ1n) is 15.8. The number of hydrogen-bond acceptors (Lipinski definition) is 11. The van der Waals surface area contributed by atoms with Crippen molar-refractivity contribution in [1.29, 1.82) is 5.41 Å². The number of nitrogens with two attached hydrogens (primary N) is 2. The second-order valence-electron chi connectivity index (χ2n) is 11.3. The summed E-state index contributed by atoms with van der Waals surface area (Å²) in [6, 6.07) is 12.7. The van der Waals surface area contributed by atoms with Gasteiger partial charge in [-0.2, -0.15) is 0 Å². The van der Waals surface area contributed by atoms with E-state index in [0.29, 0.717) is 48.5 Å². The number of ether oxygens (including phenoxy) is 3. The molecule has 2 aromatic carbocycles.